The van der Waals surface area contributed by atoms with Crippen LogP contribution >= 0.6 is 11.6 Å². The van der Waals surface area contributed by atoms with Crippen molar-refractivity contribution in [3.8, 4) is 11.1 Å². The van der Waals surface area contributed by atoms with Crippen molar-refractivity contribution in [1.29, 1.82) is 0 Å². The fourth-order valence-electron chi connectivity index (χ4n) is 3.13. The number of nitrogens with zero attached hydrogens (tertiary/aromatic N) is 2. The predicted octanol–water partition coefficient (Wildman–Crippen LogP) is 2.12. The maximum Gasteiger partial charge on any atom is 0.271 e. The van der Waals surface area contributed by atoms with Crippen molar-refractivity contribution in [1.82, 2.24) is 14.9 Å². The summed E-state index contributed by atoms with van der Waals surface area (Å²) >= 11 is 5.65. The van der Waals surface area contributed by atoms with Gasteiger partial charge < -0.3 is 20.5 Å². The second kappa shape index (κ2) is 8.23. The molecule has 26 heavy (non-hydrogen) atoms. The van der Waals surface area contributed by atoms with Gasteiger partial charge in [0.05, 0.1) is 0 Å². The number of anilines is 2. The van der Waals surface area contributed by atoms with Crippen LogP contribution in [0.2, 0.25) is 0 Å². The highest BCUT2D eigenvalue weighted by Gasteiger charge is 2.23. The van der Waals surface area contributed by atoms with Gasteiger partial charge in [-0.15, -0.1) is 11.6 Å². The van der Waals surface area contributed by atoms with Crippen LogP contribution in [0.25, 0.3) is 11.1 Å². The molecule has 0 aromatic carbocycles. The molecule has 2 aromatic heterocycles. The van der Waals surface area contributed by atoms with Gasteiger partial charge in [0, 0.05) is 44.1 Å². The zero-order chi connectivity index (χ0) is 18.5. The Morgan fingerprint density at radius 1 is 1.42 bits per heavy atom. The molecule has 1 atom stereocenters. The molecule has 2 aromatic rings. The van der Waals surface area contributed by atoms with Crippen LogP contribution in [-0.4, -0.2) is 52.8 Å². The van der Waals surface area contributed by atoms with E-state index in [4.69, 9.17) is 11.6 Å². The number of nitrogens with one attached hydrogen (secondary N) is 3. The molecule has 3 heterocycles. The minimum absolute atomic E-state index is 0.0152. The highest BCUT2D eigenvalue weighted by Crippen LogP contribution is 2.22. The summed E-state index contributed by atoms with van der Waals surface area (Å²) in [7, 11) is 1.81. The van der Waals surface area contributed by atoms with Crippen molar-refractivity contribution in [3.05, 3.63) is 40.9 Å². The van der Waals surface area contributed by atoms with Crippen molar-refractivity contribution in [2.75, 3.05) is 36.7 Å². The molecule has 0 radical (unpaired) electrons. The quantitative estimate of drug-likeness (QED) is 0.696. The largest absolute Gasteiger partial charge is 0.376 e. The molecule has 0 spiro atoms. The van der Waals surface area contributed by atoms with Crippen LogP contribution in [0.3, 0.4) is 0 Å². The zero-order valence-corrected chi connectivity index (χ0v) is 15.3. The molecule has 7 nitrogen and oxygen atoms in total. The summed E-state index contributed by atoms with van der Waals surface area (Å²) in [6.07, 6.45) is 5.19. The highest BCUT2D eigenvalue weighted by atomic mass is 35.5. The van der Waals surface area contributed by atoms with Crippen LogP contribution in [0, 0.1) is 0 Å². The third-order valence-corrected chi connectivity index (χ3v) is 4.73. The first-order valence-corrected chi connectivity index (χ1v) is 9.11. The van der Waals surface area contributed by atoms with Crippen molar-refractivity contribution in [3.63, 3.8) is 0 Å². The van der Waals surface area contributed by atoms with E-state index in [1.54, 1.807) is 17.3 Å². The van der Waals surface area contributed by atoms with Crippen molar-refractivity contribution in [2.24, 2.45) is 0 Å². The number of hydrogen-bond acceptors (Lipinski definition) is 5. The number of likely N-dealkylation sites (tertiary alicyclic amines) is 1. The lowest BCUT2D eigenvalue weighted by Crippen LogP contribution is -2.46. The van der Waals surface area contributed by atoms with Crippen molar-refractivity contribution < 1.29 is 4.79 Å². The van der Waals surface area contributed by atoms with Gasteiger partial charge in [-0.05, 0) is 36.6 Å². The van der Waals surface area contributed by atoms with E-state index in [2.05, 4.69) is 20.6 Å². The number of rotatable bonds is 5. The molecular weight excluding hydrogens is 354 g/mol. The van der Waals surface area contributed by atoms with Gasteiger partial charge in [0.1, 0.15) is 17.4 Å². The van der Waals surface area contributed by atoms with Crippen molar-refractivity contribution in [2.45, 2.75) is 18.9 Å². The van der Waals surface area contributed by atoms with Gasteiger partial charge in [-0.2, -0.15) is 0 Å². The molecule has 138 valence electrons. The van der Waals surface area contributed by atoms with E-state index in [1.165, 1.54) is 0 Å². The maximum absolute atomic E-state index is 12.2. The second-order valence-corrected chi connectivity index (χ2v) is 6.54. The topological polar surface area (TPSA) is 90.1 Å². The minimum atomic E-state index is -0.183. The van der Waals surface area contributed by atoms with Gasteiger partial charge >= 0.3 is 0 Å². The normalized spacial score (nSPS) is 17.0. The molecule has 0 aliphatic carbocycles. The van der Waals surface area contributed by atoms with Crippen molar-refractivity contribution >= 4 is 29.0 Å². The molecular formula is C18H22ClN5O2. The van der Waals surface area contributed by atoms with Crippen LogP contribution in [0.4, 0.5) is 11.5 Å². The summed E-state index contributed by atoms with van der Waals surface area (Å²) < 4.78 is 0. The number of aromatic nitrogens is 2. The van der Waals surface area contributed by atoms with E-state index in [0.717, 1.165) is 29.8 Å². The highest BCUT2D eigenvalue weighted by molar-refractivity contribution is 6.27. The average Bonchev–Trinajstić information content (AvgIpc) is 2.69. The number of halogens is 1. The smallest absolute Gasteiger partial charge is 0.271 e. The number of aromatic amines is 1. The van der Waals surface area contributed by atoms with E-state index in [-0.39, 0.29) is 23.4 Å². The molecule has 8 heteroatoms. The number of pyridine rings is 2. The Morgan fingerprint density at radius 3 is 3.04 bits per heavy atom. The minimum Gasteiger partial charge on any atom is -0.376 e. The average molecular weight is 376 g/mol. The Hall–Kier alpha value is -2.54. The van der Waals surface area contributed by atoms with Gasteiger partial charge in [-0.3, -0.25) is 9.59 Å². The Labute approximate surface area is 156 Å². The molecule has 1 aliphatic heterocycles. The molecule has 3 N–H and O–H groups in total. The number of carbonyl (C=O) groups excluding carboxylic acids is 1. The first kappa shape index (κ1) is 18.3. The predicted molar refractivity (Wildman–Crippen MR) is 104 cm³/mol. The number of H-pyrrole nitrogens is 1. The summed E-state index contributed by atoms with van der Waals surface area (Å²) in [5, 5.41) is 6.29. The summed E-state index contributed by atoms with van der Waals surface area (Å²) in [5.41, 5.74) is 2.15. The number of carbonyl (C=O) groups is 1. The van der Waals surface area contributed by atoms with Crippen LogP contribution < -0.4 is 16.2 Å². The van der Waals surface area contributed by atoms with Gasteiger partial charge in [0.2, 0.25) is 5.91 Å². The molecule has 1 fully saturated rings. The molecule has 1 amide bonds. The summed E-state index contributed by atoms with van der Waals surface area (Å²) in [6.45, 7) is 1.26. The third-order valence-electron chi connectivity index (χ3n) is 4.50. The van der Waals surface area contributed by atoms with E-state index in [0.29, 0.717) is 18.8 Å². The Morgan fingerprint density at radius 2 is 2.27 bits per heavy atom. The van der Waals surface area contributed by atoms with Gasteiger partial charge in [0.15, 0.2) is 0 Å². The van der Waals surface area contributed by atoms with Crippen LogP contribution in [0.15, 0.2) is 35.4 Å². The summed E-state index contributed by atoms with van der Waals surface area (Å²) in [5.74, 6) is 0.668. The molecule has 1 saturated heterocycles. The summed E-state index contributed by atoms with van der Waals surface area (Å²) in [6, 6.07) is 5.66. The molecule has 0 bridgehead atoms. The van der Waals surface area contributed by atoms with E-state index < -0.39 is 0 Å². The Bertz CT molecular complexity index is 838. The lowest BCUT2D eigenvalue weighted by atomic mass is 10.0. The third kappa shape index (κ3) is 4.16. The number of alkyl halides is 1. The first-order chi connectivity index (χ1) is 12.6. The Kier molecular flexibility index (Phi) is 5.78. The SMILES string of the molecule is CNc1cc(-c2c[nH]c(=O)c(N[C@@H]3CCCN(C(=O)CCl)C3)c2)ccn1. The monoisotopic (exact) mass is 375 g/mol. The van der Waals surface area contributed by atoms with Crippen LogP contribution in [-0.2, 0) is 4.79 Å². The lowest BCUT2D eigenvalue weighted by molar-refractivity contribution is -0.129. The summed E-state index contributed by atoms with van der Waals surface area (Å²) in [4.78, 5) is 32.8. The van der Waals surface area contributed by atoms with Crippen LogP contribution in [0.1, 0.15) is 12.8 Å². The van der Waals surface area contributed by atoms with Gasteiger partial charge in [0.25, 0.3) is 5.56 Å². The van der Waals surface area contributed by atoms with Crippen LogP contribution in [0.5, 0.6) is 0 Å². The molecule has 3 rings (SSSR count). The molecule has 0 unspecified atom stereocenters. The number of amides is 1. The Balaban J connectivity index is 1.80. The van der Waals surface area contributed by atoms with E-state index in [9.17, 15) is 9.59 Å². The number of piperidine rings is 1. The second-order valence-electron chi connectivity index (χ2n) is 6.27. The van der Waals surface area contributed by atoms with E-state index >= 15 is 0 Å². The maximum atomic E-state index is 12.2. The molecule has 0 saturated carbocycles. The molecule has 1 aliphatic rings. The zero-order valence-electron chi connectivity index (χ0n) is 14.6. The first-order valence-electron chi connectivity index (χ1n) is 8.58. The van der Waals surface area contributed by atoms with E-state index in [1.807, 2.05) is 25.2 Å². The lowest BCUT2D eigenvalue weighted by Gasteiger charge is -2.33. The fraction of sp³-hybridized carbons (Fsp3) is 0.389. The standard InChI is InChI=1S/C18H22ClN5O2/c1-20-16-8-12(4-5-21-16)13-7-15(18(26)22-10-13)23-14-3-2-6-24(11-14)17(25)9-19/h4-5,7-8,10,14,23H,2-3,6,9,11H2,1H3,(H,20,21)(H,22,26)/t14-/m1/s1. The fourth-order valence-corrected chi connectivity index (χ4v) is 3.30. The van der Waals surface area contributed by atoms with Gasteiger partial charge in [-0.1, -0.05) is 0 Å². The number of hydrogen-bond donors (Lipinski definition) is 3. The van der Waals surface area contributed by atoms with Gasteiger partial charge in [-0.25, -0.2) is 4.98 Å².